The summed E-state index contributed by atoms with van der Waals surface area (Å²) in [6.07, 6.45) is 2.53. The Morgan fingerprint density at radius 3 is 2.07 bits per heavy atom. The molecule has 6 nitrogen and oxygen atoms in total. The molecule has 138 valence electrons. The van der Waals surface area contributed by atoms with Crippen LogP contribution >= 0.6 is 0 Å². The summed E-state index contributed by atoms with van der Waals surface area (Å²) < 4.78 is 0. The van der Waals surface area contributed by atoms with Crippen LogP contribution in [0.1, 0.15) is 58.0 Å². The van der Waals surface area contributed by atoms with Crippen LogP contribution in [0.4, 0.5) is 5.69 Å². The summed E-state index contributed by atoms with van der Waals surface area (Å²) in [5.74, 6) is -2.40. The molecule has 6 heteroatoms. The van der Waals surface area contributed by atoms with E-state index in [0.29, 0.717) is 35.3 Å². The molecule has 0 aliphatic heterocycles. The van der Waals surface area contributed by atoms with Crippen molar-refractivity contribution in [2.75, 3.05) is 11.4 Å². The number of carbonyl (C=O) groups excluding carboxylic acids is 4. The van der Waals surface area contributed by atoms with Gasteiger partial charge < -0.3 is 10.6 Å². The molecule has 2 aromatic carbocycles. The number of ketones is 2. The summed E-state index contributed by atoms with van der Waals surface area (Å²) >= 11 is 0. The van der Waals surface area contributed by atoms with Gasteiger partial charge in [0.05, 0.1) is 0 Å². The number of primary amides is 1. The first-order valence-corrected chi connectivity index (χ1v) is 8.89. The maximum absolute atomic E-state index is 12.8. The largest absolute Gasteiger partial charge is 0.361 e. The van der Waals surface area contributed by atoms with E-state index in [-0.39, 0.29) is 17.1 Å². The molecule has 0 atom stereocenters. The highest BCUT2D eigenvalue weighted by Gasteiger charge is 2.30. The Balaban J connectivity index is 2.03. The molecule has 0 unspecified atom stereocenters. The molecule has 3 rings (SSSR count). The third-order valence-electron chi connectivity index (χ3n) is 4.66. The molecule has 1 aliphatic rings. The normalized spacial score (nSPS) is 12.3. The van der Waals surface area contributed by atoms with Crippen molar-refractivity contribution < 1.29 is 19.2 Å². The van der Waals surface area contributed by atoms with Gasteiger partial charge in [-0.2, -0.15) is 0 Å². The average Bonchev–Trinajstić information content (AvgIpc) is 2.68. The first kappa shape index (κ1) is 18.5. The summed E-state index contributed by atoms with van der Waals surface area (Å²) in [4.78, 5) is 50.5. The van der Waals surface area contributed by atoms with Gasteiger partial charge in [0.1, 0.15) is 0 Å². The highest BCUT2D eigenvalue weighted by atomic mass is 16.2. The van der Waals surface area contributed by atoms with E-state index in [9.17, 15) is 19.2 Å². The molecule has 0 saturated heterocycles. The summed E-state index contributed by atoms with van der Waals surface area (Å²) in [5.41, 5.74) is 6.80. The van der Waals surface area contributed by atoms with Gasteiger partial charge in [0, 0.05) is 34.5 Å². The minimum Gasteiger partial charge on any atom is -0.361 e. The van der Waals surface area contributed by atoms with E-state index in [1.165, 1.54) is 17.0 Å². The molecular weight excluding hydrogens is 344 g/mol. The third kappa shape index (κ3) is 3.38. The maximum Gasteiger partial charge on any atom is 0.316 e. The lowest BCUT2D eigenvalue weighted by Gasteiger charge is -2.24. The van der Waals surface area contributed by atoms with Crippen LogP contribution in [0, 0.1) is 0 Å². The Morgan fingerprint density at radius 2 is 1.48 bits per heavy atom. The Labute approximate surface area is 157 Å². The summed E-state index contributed by atoms with van der Waals surface area (Å²) in [7, 11) is 0. The fraction of sp³-hybridized carbons (Fsp3) is 0.238. The second kappa shape index (κ2) is 7.53. The highest BCUT2D eigenvalue weighted by Crippen LogP contribution is 2.30. The second-order valence-electron chi connectivity index (χ2n) is 6.46. The number of anilines is 1. The molecular formula is C21H20N2O4. The van der Waals surface area contributed by atoms with E-state index in [0.717, 1.165) is 12.8 Å². The number of unbranched alkanes of at least 4 members (excludes halogenated alkanes) is 2. The van der Waals surface area contributed by atoms with Gasteiger partial charge in [0.15, 0.2) is 11.6 Å². The van der Waals surface area contributed by atoms with Crippen molar-refractivity contribution in [3.63, 3.8) is 0 Å². The number of nitrogens with zero attached hydrogens (tertiary/aromatic N) is 1. The van der Waals surface area contributed by atoms with Crippen molar-refractivity contribution >= 4 is 29.1 Å². The molecule has 0 spiro atoms. The van der Waals surface area contributed by atoms with Crippen LogP contribution in [-0.4, -0.2) is 29.9 Å². The molecule has 2 amide bonds. The molecule has 0 heterocycles. The Morgan fingerprint density at radius 1 is 0.889 bits per heavy atom. The third-order valence-corrected chi connectivity index (χ3v) is 4.66. The van der Waals surface area contributed by atoms with Gasteiger partial charge in [-0.25, -0.2) is 0 Å². The van der Waals surface area contributed by atoms with Gasteiger partial charge in [0.2, 0.25) is 0 Å². The van der Waals surface area contributed by atoms with Crippen molar-refractivity contribution in [3.8, 4) is 0 Å². The fourth-order valence-corrected chi connectivity index (χ4v) is 3.26. The lowest BCUT2D eigenvalue weighted by molar-refractivity contribution is -0.135. The predicted octanol–water partition coefficient (Wildman–Crippen LogP) is 2.47. The van der Waals surface area contributed by atoms with Gasteiger partial charge >= 0.3 is 11.8 Å². The van der Waals surface area contributed by atoms with E-state index in [1.54, 1.807) is 30.3 Å². The summed E-state index contributed by atoms with van der Waals surface area (Å²) in [6.45, 7) is 2.34. The molecule has 0 aromatic heterocycles. The Bertz CT molecular complexity index is 949. The maximum atomic E-state index is 12.8. The number of rotatable bonds is 5. The van der Waals surface area contributed by atoms with Gasteiger partial charge in [-0.1, -0.05) is 44.0 Å². The number of nitrogens with two attached hydrogens (primary N) is 1. The van der Waals surface area contributed by atoms with Gasteiger partial charge in [-0.3, -0.25) is 19.2 Å². The zero-order valence-electron chi connectivity index (χ0n) is 15.0. The van der Waals surface area contributed by atoms with Crippen LogP contribution in [0.15, 0.2) is 42.5 Å². The van der Waals surface area contributed by atoms with Crippen molar-refractivity contribution in [2.24, 2.45) is 5.73 Å². The quantitative estimate of drug-likeness (QED) is 0.555. The van der Waals surface area contributed by atoms with E-state index >= 15 is 0 Å². The topological polar surface area (TPSA) is 97.5 Å². The monoisotopic (exact) mass is 364 g/mol. The Kier molecular flexibility index (Phi) is 5.16. The number of amides is 2. The van der Waals surface area contributed by atoms with Crippen LogP contribution in [0.2, 0.25) is 0 Å². The van der Waals surface area contributed by atoms with Crippen molar-refractivity contribution in [3.05, 3.63) is 64.7 Å². The minimum atomic E-state index is -1.06. The van der Waals surface area contributed by atoms with Crippen LogP contribution in [-0.2, 0) is 9.59 Å². The number of carbonyl (C=O) groups is 4. The highest BCUT2D eigenvalue weighted by molar-refractivity contribution is 6.40. The zero-order chi connectivity index (χ0) is 19.6. The van der Waals surface area contributed by atoms with Crippen LogP contribution < -0.4 is 10.6 Å². The predicted molar refractivity (Wildman–Crippen MR) is 101 cm³/mol. The smallest absolute Gasteiger partial charge is 0.316 e. The number of benzene rings is 2. The van der Waals surface area contributed by atoms with Gasteiger partial charge in [0.25, 0.3) is 0 Å². The SMILES string of the molecule is CCCCCN(C(=O)C(N)=O)c1ccc2c(c1)C(=O)c1ccccc1C2=O. The van der Waals surface area contributed by atoms with Gasteiger partial charge in [-0.05, 0) is 24.6 Å². The molecule has 2 N–H and O–H groups in total. The average molecular weight is 364 g/mol. The fourth-order valence-electron chi connectivity index (χ4n) is 3.26. The van der Waals surface area contributed by atoms with E-state index in [1.807, 2.05) is 6.92 Å². The summed E-state index contributed by atoms with van der Waals surface area (Å²) in [5, 5.41) is 0. The minimum absolute atomic E-state index is 0.231. The lowest BCUT2D eigenvalue weighted by Crippen LogP contribution is -2.41. The van der Waals surface area contributed by atoms with Crippen molar-refractivity contribution in [1.82, 2.24) is 0 Å². The molecule has 0 radical (unpaired) electrons. The number of hydrogen-bond donors (Lipinski definition) is 1. The van der Waals surface area contributed by atoms with Crippen molar-refractivity contribution in [2.45, 2.75) is 26.2 Å². The first-order chi connectivity index (χ1) is 13.0. The zero-order valence-corrected chi connectivity index (χ0v) is 15.0. The molecule has 0 saturated carbocycles. The van der Waals surface area contributed by atoms with Crippen LogP contribution in [0.5, 0.6) is 0 Å². The van der Waals surface area contributed by atoms with E-state index in [2.05, 4.69) is 0 Å². The van der Waals surface area contributed by atoms with Gasteiger partial charge in [-0.15, -0.1) is 0 Å². The molecule has 0 fully saturated rings. The van der Waals surface area contributed by atoms with Crippen molar-refractivity contribution in [1.29, 1.82) is 0 Å². The standard InChI is InChI=1S/C21H20N2O4/c1-2-3-6-11-23(21(27)20(22)26)13-9-10-16-17(12-13)19(25)15-8-5-4-7-14(15)18(16)24/h4-5,7-10,12H,2-3,6,11H2,1H3,(H2,22,26). The number of hydrogen-bond acceptors (Lipinski definition) is 4. The first-order valence-electron chi connectivity index (χ1n) is 8.89. The van der Waals surface area contributed by atoms with E-state index in [4.69, 9.17) is 5.73 Å². The van der Waals surface area contributed by atoms with Crippen LogP contribution in [0.25, 0.3) is 0 Å². The van der Waals surface area contributed by atoms with Crippen LogP contribution in [0.3, 0.4) is 0 Å². The number of fused-ring (bicyclic) bond motifs is 2. The summed E-state index contributed by atoms with van der Waals surface area (Å²) in [6, 6.07) is 11.3. The second-order valence-corrected chi connectivity index (χ2v) is 6.46. The molecule has 2 aromatic rings. The molecule has 0 bridgehead atoms. The lowest BCUT2D eigenvalue weighted by atomic mass is 9.84. The molecule has 1 aliphatic carbocycles. The molecule has 27 heavy (non-hydrogen) atoms. The Hall–Kier alpha value is -3.28. The van der Waals surface area contributed by atoms with E-state index < -0.39 is 11.8 Å².